The maximum Gasteiger partial charge on any atom is 0.330 e. The normalized spacial score (nSPS) is 18.6. The molecule has 1 aliphatic heterocycles. The fraction of sp³-hybridized carbons (Fsp3) is 0.600. The van der Waals surface area contributed by atoms with E-state index in [0.29, 0.717) is 12.1 Å². The number of aliphatic carboxylic acids is 1. The fourth-order valence-corrected chi connectivity index (χ4v) is 4.17. The van der Waals surface area contributed by atoms with E-state index in [-0.39, 0.29) is 19.0 Å². The Labute approximate surface area is 160 Å². The van der Waals surface area contributed by atoms with E-state index in [0.717, 1.165) is 10.6 Å². The number of aryl methyl sites for hydroxylation is 1. The molecule has 0 aliphatic carbocycles. The van der Waals surface area contributed by atoms with Crippen molar-refractivity contribution in [2.75, 3.05) is 6.54 Å². The molecule has 148 valence electrons. The number of hydrogen-bond donors (Lipinski definition) is 1. The van der Waals surface area contributed by atoms with Crippen molar-refractivity contribution in [1.29, 1.82) is 0 Å². The maximum absolute atomic E-state index is 13.2. The van der Waals surface area contributed by atoms with Gasteiger partial charge in [-0.15, -0.1) is 0 Å². The largest absolute Gasteiger partial charge is 0.479 e. The van der Waals surface area contributed by atoms with E-state index in [1.165, 1.54) is 4.90 Å². The van der Waals surface area contributed by atoms with Gasteiger partial charge in [-0.05, 0) is 30.4 Å². The van der Waals surface area contributed by atoms with Gasteiger partial charge in [0.15, 0.2) is 0 Å². The van der Waals surface area contributed by atoms with Crippen molar-refractivity contribution >= 4 is 17.9 Å². The molecule has 7 nitrogen and oxygen atoms in total. The van der Waals surface area contributed by atoms with E-state index in [9.17, 15) is 19.5 Å². The molecule has 0 aromatic carbocycles. The van der Waals surface area contributed by atoms with Crippen molar-refractivity contribution in [3.05, 3.63) is 29.6 Å². The van der Waals surface area contributed by atoms with Crippen molar-refractivity contribution in [2.45, 2.75) is 60.0 Å². The third kappa shape index (κ3) is 3.42. The molecular weight excluding hydrogens is 346 g/mol. The van der Waals surface area contributed by atoms with Crippen LogP contribution in [-0.4, -0.2) is 49.9 Å². The summed E-state index contributed by atoms with van der Waals surface area (Å²) in [6, 6.07) is 4.83. The first kappa shape index (κ1) is 20.9. The molecule has 0 unspecified atom stereocenters. The Morgan fingerprint density at radius 2 is 1.93 bits per heavy atom. The smallest absolute Gasteiger partial charge is 0.330 e. The van der Waals surface area contributed by atoms with Crippen LogP contribution in [0.2, 0.25) is 0 Å². The van der Waals surface area contributed by atoms with Gasteiger partial charge in [0.1, 0.15) is 12.1 Å². The molecule has 2 heterocycles. The molecular formula is C20H29N3O4. The molecule has 0 radical (unpaired) electrons. The lowest BCUT2D eigenvalue weighted by Gasteiger charge is -2.50. The third-order valence-corrected chi connectivity index (χ3v) is 5.54. The predicted molar refractivity (Wildman–Crippen MR) is 101 cm³/mol. The number of nitrogens with zero attached hydrogens (tertiary/aromatic N) is 3. The molecule has 2 atom stereocenters. The van der Waals surface area contributed by atoms with Crippen LogP contribution >= 0.6 is 0 Å². The molecule has 1 N–H and O–H groups in total. The molecule has 1 aromatic heterocycles. The van der Waals surface area contributed by atoms with E-state index in [1.54, 1.807) is 26.8 Å². The number of amides is 3. The molecule has 0 spiro atoms. The quantitative estimate of drug-likeness (QED) is 0.772. The molecule has 0 saturated carbocycles. The molecule has 27 heavy (non-hydrogen) atoms. The lowest BCUT2D eigenvalue weighted by molar-refractivity contribution is -0.162. The molecule has 2 rings (SSSR count). The van der Waals surface area contributed by atoms with Crippen molar-refractivity contribution in [3.63, 3.8) is 0 Å². The van der Waals surface area contributed by atoms with Crippen LogP contribution in [0, 0.1) is 18.3 Å². The van der Waals surface area contributed by atoms with Gasteiger partial charge in [0.25, 0.3) is 5.91 Å². The Kier molecular flexibility index (Phi) is 5.63. The van der Waals surface area contributed by atoms with Crippen LogP contribution in [0.3, 0.4) is 0 Å². The van der Waals surface area contributed by atoms with E-state index >= 15 is 0 Å². The number of pyridine rings is 1. The molecule has 1 saturated heterocycles. The summed E-state index contributed by atoms with van der Waals surface area (Å²) in [6.45, 7) is 10.8. The molecule has 1 aliphatic rings. The Morgan fingerprint density at radius 3 is 2.41 bits per heavy atom. The zero-order valence-corrected chi connectivity index (χ0v) is 16.9. The standard InChI is InChI=1S/C20H29N3O4/c1-7-13(2)20(17(25)26,19(4,5)6)23-12-16(24)22(18(23)27)11-15-10-8-9-14(3)21-15/h8-10,13H,7,11-12H2,1-6H3,(H,25,26)/t13-,20+/m0/s1. The molecule has 3 amide bonds. The Morgan fingerprint density at radius 1 is 1.30 bits per heavy atom. The summed E-state index contributed by atoms with van der Waals surface area (Å²) in [7, 11) is 0. The van der Waals surface area contributed by atoms with Crippen LogP contribution < -0.4 is 0 Å². The average Bonchev–Trinajstić information content (AvgIpc) is 2.82. The first-order valence-corrected chi connectivity index (χ1v) is 9.24. The highest BCUT2D eigenvalue weighted by atomic mass is 16.4. The van der Waals surface area contributed by atoms with Crippen LogP contribution in [0.1, 0.15) is 52.4 Å². The second-order valence-corrected chi connectivity index (χ2v) is 8.25. The van der Waals surface area contributed by atoms with Crippen molar-refractivity contribution in [1.82, 2.24) is 14.8 Å². The SMILES string of the molecule is CC[C@H](C)[C@](C(=O)O)(N1CC(=O)N(Cc2cccc(C)n2)C1=O)C(C)(C)C. The summed E-state index contributed by atoms with van der Waals surface area (Å²) in [4.78, 5) is 45.0. The number of carbonyl (C=O) groups excluding carboxylic acids is 2. The second-order valence-electron chi connectivity index (χ2n) is 8.25. The first-order valence-electron chi connectivity index (χ1n) is 9.24. The zero-order chi connectivity index (χ0) is 20.6. The minimum Gasteiger partial charge on any atom is -0.479 e. The predicted octanol–water partition coefficient (Wildman–Crippen LogP) is 3.07. The van der Waals surface area contributed by atoms with Gasteiger partial charge in [-0.3, -0.25) is 19.6 Å². The van der Waals surface area contributed by atoms with E-state index in [1.807, 2.05) is 32.9 Å². The lowest BCUT2D eigenvalue weighted by Crippen LogP contribution is -2.66. The topological polar surface area (TPSA) is 90.8 Å². The van der Waals surface area contributed by atoms with Crippen LogP contribution in [-0.2, 0) is 16.1 Å². The van der Waals surface area contributed by atoms with Crippen LogP contribution in [0.5, 0.6) is 0 Å². The highest BCUT2D eigenvalue weighted by Gasteiger charge is 2.61. The Hall–Kier alpha value is -2.44. The summed E-state index contributed by atoms with van der Waals surface area (Å²) < 4.78 is 0. The minimum absolute atomic E-state index is 0.0379. The number of carbonyl (C=O) groups is 3. The number of rotatable bonds is 6. The maximum atomic E-state index is 13.2. The van der Waals surface area contributed by atoms with Crippen LogP contribution in [0.15, 0.2) is 18.2 Å². The van der Waals surface area contributed by atoms with Gasteiger partial charge >= 0.3 is 12.0 Å². The van der Waals surface area contributed by atoms with E-state index in [4.69, 9.17) is 0 Å². The Balaban J connectivity index is 2.46. The van der Waals surface area contributed by atoms with Crippen LogP contribution in [0.25, 0.3) is 0 Å². The summed E-state index contributed by atoms with van der Waals surface area (Å²) in [5.41, 5.74) is -0.859. The first-order chi connectivity index (χ1) is 12.5. The van der Waals surface area contributed by atoms with E-state index in [2.05, 4.69) is 4.98 Å². The van der Waals surface area contributed by atoms with Gasteiger partial charge in [-0.25, -0.2) is 9.59 Å². The van der Waals surface area contributed by atoms with Crippen molar-refractivity contribution in [2.24, 2.45) is 11.3 Å². The summed E-state index contributed by atoms with van der Waals surface area (Å²) in [5.74, 6) is -1.81. The average molecular weight is 375 g/mol. The molecule has 1 aromatic rings. The second kappa shape index (κ2) is 7.29. The summed E-state index contributed by atoms with van der Waals surface area (Å²) in [6.07, 6.45) is 0.570. The van der Waals surface area contributed by atoms with Gasteiger partial charge < -0.3 is 5.11 Å². The highest BCUT2D eigenvalue weighted by molar-refractivity contribution is 6.04. The minimum atomic E-state index is -1.48. The fourth-order valence-electron chi connectivity index (χ4n) is 4.17. The number of urea groups is 1. The van der Waals surface area contributed by atoms with Crippen molar-refractivity contribution < 1.29 is 19.5 Å². The molecule has 1 fully saturated rings. The van der Waals surface area contributed by atoms with Gasteiger partial charge in [-0.2, -0.15) is 0 Å². The summed E-state index contributed by atoms with van der Waals surface area (Å²) in [5, 5.41) is 10.2. The number of aromatic nitrogens is 1. The lowest BCUT2D eigenvalue weighted by atomic mass is 9.64. The number of carboxylic acids is 1. The molecule has 7 heteroatoms. The monoisotopic (exact) mass is 375 g/mol. The zero-order valence-electron chi connectivity index (χ0n) is 16.9. The van der Waals surface area contributed by atoms with Gasteiger partial charge in [0.2, 0.25) is 0 Å². The van der Waals surface area contributed by atoms with Crippen molar-refractivity contribution in [3.8, 4) is 0 Å². The summed E-state index contributed by atoms with van der Waals surface area (Å²) >= 11 is 0. The molecule has 0 bridgehead atoms. The van der Waals surface area contributed by atoms with Gasteiger partial charge in [0, 0.05) is 5.69 Å². The van der Waals surface area contributed by atoms with Gasteiger partial charge in [-0.1, -0.05) is 47.1 Å². The number of hydrogen-bond acceptors (Lipinski definition) is 4. The van der Waals surface area contributed by atoms with Crippen LogP contribution in [0.4, 0.5) is 4.79 Å². The Bertz CT molecular complexity index is 756. The third-order valence-electron chi connectivity index (χ3n) is 5.54. The van der Waals surface area contributed by atoms with E-state index < -0.39 is 28.9 Å². The highest BCUT2D eigenvalue weighted by Crippen LogP contribution is 2.45. The number of imide groups is 1. The van der Waals surface area contributed by atoms with Gasteiger partial charge in [0.05, 0.1) is 12.2 Å². The number of carboxylic acid groups (broad SMARTS) is 1.